The van der Waals surface area contributed by atoms with E-state index in [1.807, 2.05) is 0 Å². The van der Waals surface area contributed by atoms with Gasteiger partial charge in [0.15, 0.2) is 10.0 Å². The Balaban J connectivity index is 2.24. The molecule has 11 heteroatoms. The first kappa shape index (κ1) is 20.5. The minimum absolute atomic E-state index is 0.0381. The smallest absolute Gasteiger partial charge is 0.435 e. The van der Waals surface area contributed by atoms with Crippen LogP contribution in [0.2, 0.25) is 0 Å². The van der Waals surface area contributed by atoms with Crippen LogP contribution in [0.25, 0.3) is 10.6 Å². The third kappa shape index (κ3) is 4.10. The van der Waals surface area contributed by atoms with Crippen molar-refractivity contribution in [1.29, 1.82) is 0 Å². The Morgan fingerprint density at radius 2 is 1.96 bits per heavy atom. The average molecular weight is 443 g/mol. The standard InChI is InChI=1S/C17H13F3N4OS3/c1-25-11-7-4-3-6-10(11)21-22-14-13(12-8-5-9-28-12)23-24(16(26)27-2)15(14)17(18,19)20/h3-9H,1-2H3. The molecule has 0 fully saturated rings. The fourth-order valence-electron chi connectivity index (χ4n) is 2.37. The zero-order valence-corrected chi connectivity index (χ0v) is 17.0. The number of ether oxygens (including phenoxy) is 1. The lowest BCUT2D eigenvalue weighted by Gasteiger charge is -2.10. The molecule has 0 saturated carbocycles. The summed E-state index contributed by atoms with van der Waals surface area (Å²) >= 11 is 7.32. The van der Waals surface area contributed by atoms with Gasteiger partial charge in [0.1, 0.15) is 22.8 Å². The van der Waals surface area contributed by atoms with Crippen molar-refractivity contribution in [2.45, 2.75) is 6.18 Å². The van der Waals surface area contributed by atoms with Gasteiger partial charge in [-0.25, -0.2) is 4.68 Å². The topological polar surface area (TPSA) is 51.8 Å². The number of para-hydroxylation sites is 1. The molecular weight excluding hydrogens is 429 g/mol. The summed E-state index contributed by atoms with van der Waals surface area (Å²) in [7, 11) is 1.45. The van der Waals surface area contributed by atoms with E-state index in [-0.39, 0.29) is 10.0 Å². The molecule has 0 saturated heterocycles. The van der Waals surface area contributed by atoms with E-state index in [0.717, 1.165) is 11.8 Å². The number of azo groups is 1. The monoisotopic (exact) mass is 442 g/mol. The third-order valence-corrected chi connectivity index (χ3v) is 5.65. The molecule has 0 spiro atoms. The number of aromatic nitrogens is 2. The van der Waals surface area contributed by atoms with Gasteiger partial charge >= 0.3 is 6.18 Å². The van der Waals surface area contributed by atoms with Gasteiger partial charge in [-0.3, -0.25) is 0 Å². The van der Waals surface area contributed by atoms with Crippen LogP contribution in [0, 0.1) is 0 Å². The molecule has 0 aliphatic rings. The van der Waals surface area contributed by atoms with Gasteiger partial charge in [0, 0.05) is 0 Å². The molecule has 2 heterocycles. The van der Waals surface area contributed by atoms with Crippen molar-refractivity contribution < 1.29 is 17.9 Å². The van der Waals surface area contributed by atoms with Gasteiger partial charge in [0.25, 0.3) is 0 Å². The maximum atomic E-state index is 13.9. The molecule has 28 heavy (non-hydrogen) atoms. The van der Waals surface area contributed by atoms with Gasteiger partial charge in [-0.05, 0) is 29.8 Å². The molecule has 1 aromatic carbocycles. The van der Waals surface area contributed by atoms with Crippen molar-refractivity contribution in [3.05, 3.63) is 47.5 Å². The summed E-state index contributed by atoms with van der Waals surface area (Å²) in [5.74, 6) is 0.393. The molecule has 0 aliphatic heterocycles. The van der Waals surface area contributed by atoms with Crippen molar-refractivity contribution >= 4 is 51.0 Å². The number of nitrogens with zero attached hydrogens (tertiary/aromatic N) is 4. The summed E-state index contributed by atoms with van der Waals surface area (Å²) in [6.45, 7) is 0. The molecular formula is C17H13F3N4OS3. The van der Waals surface area contributed by atoms with Gasteiger partial charge in [-0.1, -0.05) is 42.2 Å². The zero-order valence-electron chi connectivity index (χ0n) is 14.6. The van der Waals surface area contributed by atoms with E-state index in [1.165, 1.54) is 18.4 Å². The van der Waals surface area contributed by atoms with E-state index in [1.54, 1.807) is 48.0 Å². The van der Waals surface area contributed by atoms with E-state index in [9.17, 15) is 13.2 Å². The molecule has 0 amide bonds. The Morgan fingerprint density at radius 1 is 1.21 bits per heavy atom. The highest BCUT2D eigenvalue weighted by Crippen LogP contribution is 2.44. The minimum atomic E-state index is -4.72. The van der Waals surface area contributed by atoms with Gasteiger partial charge in [-0.2, -0.15) is 18.3 Å². The van der Waals surface area contributed by atoms with Gasteiger partial charge in [-0.15, -0.1) is 21.6 Å². The van der Waals surface area contributed by atoms with E-state index >= 15 is 0 Å². The van der Waals surface area contributed by atoms with Crippen molar-refractivity contribution in [2.24, 2.45) is 10.2 Å². The first-order chi connectivity index (χ1) is 13.4. The quantitative estimate of drug-likeness (QED) is 0.340. The Bertz CT molecular complexity index is 1010. The predicted octanol–water partition coefficient (Wildman–Crippen LogP) is 6.55. The summed E-state index contributed by atoms with van der Waals surface area (Å²) in [5.41, 5.74) is -1.08. The largest absolute Gasteiger partial charge is 0.494 e. The van der Waals surface area contributed by atoms with E-state index in [2.05, 4.69) is 15.3 Å². The molecule has 0 radical (unpaired) electrons. The van der Waals surface area contributed by atoms with Crippen LogP contribution in [-0.4, -0.2) is 27.5 Å². The van der Waals surface area contributed by atoms with Crippen LogP contribution in [0.15, 0.2) is 52.0 Å². The molecule has 146 valence electrons. The number of alkyl halides is 3. The van der Waals surface area contributed by atoms with Crippen LogP contribution in [0.4, 0.5) is 24.5 Å². The van der Waals surface area contributed by atoms with Gasteiger partial charge < -0.3 is 4.74 Å². The van der Waals surface area contributed by atoms with Crippen LogP contribution in [-0.2, 0) is 6.18 Å². The number of thioether (sulfide) groups is 1. The molecule has 0 atom stereocenters. The van der Waals surface area contributed by atoms with Crippen molar-refractivity contribution in [2.75, 3.05) is 13.4 Å². The fraction of sp³-hybridized carbons (Fsp3) is 0.176. The summed E-state index contributed by atoms with van der Waals surface area (Å²) in [6, 6.07) is 10.0. The predicted molar refractivity (Wildman–Crippen MR) is 109 cm³/mol. The first-order valence-electron chi connectivity index (χ1n) is 7.74. The number of hydrogen-bond acceptors (Lipinski definition) is 7. The summed E-state index contributed by atoms with van der Waals surface area (Å²) in [6.07, 6.45) is -3.14. The van der Waals surface area contributed by atoms with Crippen molar-refractivity contribution in [3.8, 4) is 16.3 Å². The highest BCUT2D eigenvalue weighted by Gasteiger charge is 2.42. The Kier molecular flexibility index (Phi) is 6.16. The number of rotatable bonds is 4. The second-order valence-electron chi connectivity index (χ2n) is 5.27. The Labute approximate surface area is 172 Å². The van der Waals surface area contributed by atoms with E-state index in [0.29, 0.717) is 21.0 Å². The summed E-state index contributed by atoms with van der Waals surface area (Å²) in [4.78, 5) is 0.530. The summed E-state index contributed by atoms with van der Waals surface area (Å²) in [5, 5.41) is 13.8. The van der Waals surface area contributed by atoms with Gasteiger partial charge in [0.2, 0.25) is 0 Å². The van der Waals surface area contributed by atoms with Crippen LogP contribution >= 0.6 is 35.3 Å². The lowest BCUT2D eigenvalue weighted by Crippen LogP contribution is -2.18. The second-order valence-corrected chi connectivity index (χ2v) is 7.66. The average Bonchev–Trinajstić information content (AvgIpc) is 3.32. The maximum absolute atomic E-state index is 13.9. The normalized spacial score (nSPS) is 11.9. The van der Waals surface area contributed by atoms with E-state index in [4.69, 9.17) is 17.0 Å². The fourth-order valence-corrected chi connectivity index (χ4v) is 3.52. The first-order valence-corrected chi connectivity index (χ1v) is 10.2. The van der Waals surface area contributed by atoms with Crippen molar-refractivity contribution in [3.63, 3.8) is 0 Å². The van der Waals surface area contributed by atoms with E-state index < -0.39 is 17.6 Å². The lowest BCUT2D eigenvalue weighted by molar-refractivity contribution is -0.141. The zero-order chi connectivity index (χ0) is 20.3. The highest BCUT2D eigenvalue weighted by atomic mass is 32.2. The molecule has 0 bridgehead atoms. The minimum Gasteiger partial charge on any atom is -0.494 e. The Hall–Kier alpha value is -2.24. The third-order valence-electron chi connectivity index (χ3n) is 3.57. The highest BCUT2D eigenvalue weighted by molar-refractivity contribution is 8.22. The number of thiophene rings is 1. The lowest BCUT2D eigenvalue weighted by atomic mass is 10.2. The van der Waals surface area contributed by atoms with Crippen LogP contribution in [0.5, 0.6) is 5.75 Å². The molecule has 3 aromatic rings. The van der Waals surface area contributed by atoms with Crippen molar-refractivity contribution in [1.82, 2.24) is 9.78 Å². The number of methoxy groups -OCH3 is 1. The molecule has 2 aromatic heterocycles. The molecule has 0 unspecified atom stereocenters. The molecule has 0 aliphatic carbocycles. The number of hydrogen-bond donors (Lipinski definition) is 0. The Morgan fingerprint density at radius 3 is 2.57 bits per heavy atom. The number of halogens is 3. The number of thiocarbonyl (C=S) groups is 1. The number of benzene rings is 1. The van der Waals surface area contributed by atoms with Crippen LogP contribution in [0.1, 0.15) is 5.69 Å². The van der Waals surface area contributed by atoms with Gasteiger partial charge in [0.05, 0.1) is 12.0 Å². The molecule has 0 N–H and O–H groups in total. The van der Waals surface area contributed by atoms with Crippen LogP contribution < -0.4 is 4.74 Å². The maximum Gasteiger partial charge on any atom is 0.435 e. The second kappa shape index (κ2) is 8.41. The summed E-state index contributed by atoms with van der Waals surface area (Å²) < 4.78 is 47.5. The van der Waals surface area contributed by atoms with Crippen LogP contribution in [0.3, 0.4) is 0 Å². The molecule has 5 nitrogen and oxygen atoms in total. The molecule has 3 rings (SSSR count). The SMILES string of the molecule is COc1ccccc1N=Nc1c(-c2cccs2)nn(C(=S)SC)c1C(F)(F)F.